The van der Waals surface area contributed by atoms with Gasteiger partial charge >= 0.3 is 0 Å². The smallest absolute Gasteiger partial charge is 0.0972 e. The number of allylic oxidation sites excluding steroid dienone is 6. The summed E-state index contributed by atoms with van der Waals surface area (Å²) < 4.78 is 0. The summed E-state index contributed by atoms with van der Waals surface area (Å²) >= 11 is 0. The lowest BCUT2D eigenvalue weighted by atomic mass is 9.98. The van der Waals surface area contributed by atoms with Crippen LogP contribution in [0.25, 0.3) is 0 Å². The topological polar surface area (TPSA) is 24.7 Å². The first kappa shape index (κ1) is 19.5. The molecular formula is C28H24N2. The summed E-state index contributed by atoms with van der Waals surface area (Å²) in [6, 6.07) is 30.4. The van der Waals surface area contributed by atoms with Crippen molar-refractivity contribution >= 4 is 22.8 Å². The number of nitrogens with zero attached hydrogens (tertiary/aromatic N) is 2. The molecule has 0 spiro atoms. The molecule has 3 aromatic carbocycles. The Morgan fingerprint density at radius 2 is 1.17 bits per heavy atom. The molecule has 0 aliphatic heterocycles. The van der Waals surface area contributed by atoms with Crippen LogP contribution in [0.2, 0.25) is 0 Å². The van der Waals surface area contributed by atoms with E-state index in [0.29, 0.717) is 5.92 Å². The maximum atomic E-state index is 5.05. The van der Waals surface area contributed by atoms with E-state index >= 15 is 0 Å². The van der Waals surface area contributed by atoms with Crippen molar-refractivity contribution in [2.75, 3.05) is 0 Å². The number of aliphatic imine (C=N–C) groups is 2. The van der Waals surface area contributed by atoms with Crippen LogP contribution in [0, 0.1) is 5.92 Å². The van der Waals surface area contributed by atoms with E-state index in [9.17, 15) is 0 Å². The number of rotatable bonds is 5. The Hall–Kier alpha value is -3.78. The number of hydrogen-bond acceptors (Lipinski definition) is 2. The van der Waals surface area contributed by atoms with Gasteiger partial charge in [0.05, 0.1) is 22.8 Å². The van der Waals surface area contributed by atoms with E-state index in [4.69, 9.17) is 9.98 Å². The molecule has 1 aliphatic rings. The Bertz CT molecular complexity index is 1120. The quantitative estimate of drug-likeness (QED) is 0.411. The molecule has 0 fully saturated rings. The monoisotopic (exact) mass is 388 g/mol. The van der Waals surface area contributed by atoms with Crippen LogP contribution in [0.15, 0.2) is 137 Å². The SMILES string of the molecule is CC1C=CC=C(C(=Nc2ccccc2)C(=Nc2ccccc2)c2ccccc2)C=C1. The molecular weight excluding hydrogens is 364 g/mol. The summed E-state index contributed by atoms with van der Waals surface area (Å²) in [5.74, 6) is 0.378. The first-order valence-electron chi connectivity index (χ1n) is 10.2. The summed E-state index contributed by atoms with van der Waals surface area (Å²) in [4.78, 5) is 10.1. The molecule has 1 atom stereocenters. The largest absolute Gasteiger partial charge is 0.246 e. The van der Waals surface area contributed by atoms with E-state index in [-0.39, 0.29) is 0 Å². The molecule has 0 N–H and O–H groups in total. The second-order valence-electron chi connectivity index (χ2n) is 7.18. The molecule has 0 amide bonds. The molecule has 146 valence electrons. The van der Waals surface area contributed by atoms with Crippen LogP contribution in [0.4, 0.5) is 11.4 Å². The third kappa shape index (κ3) is 4.98. The minimum absolute atomic E-state index is 0.378. The lowest BCUT2D eigenvalue weighted by Crippen LogP contribution is -2.17. The van der Waals surface area contributed by atoms with Crippen LogP contribution in [-0.2, 0) is 0 Å². The van der Waals surface area contributed by atoms with Gasteiger partial charge in [-0.2, -0.15) is 0 Å². The number of para-hydroxylation sites is 2. The third-order valence-corrected chi connectivity index (χ3v) is 4.81. The Balaban J connectivity index is 1.93. The summed E-state index contributed by atoms with van der Waals surface area (Å²) in [5.41, 5.74) is 5.58. The van der Waals surface area contributed by atoms with Crippen molar-refractivity contribution in [1.29, 1.82) is 0 Å². The van der Waals surface area contributed by atoms with Crippen LogP contribution < -0.4 is 0 Å². The van der Waals surface area contributed by atoms with Gasteiger partial charge in [-0.05, 0) is 30.2 Å². The van der Waals surface area contributed by atoms with E-state index in [1.165, 1.54) is 0 Å². The van der Waals surface area contributed by atoms with E-state index in [1.807, 2.05) is 78.9 Å². The third-order valence-electron chi connectivity index (χ3n) is 4.81. The van der Waals surface area contributed by atoms with Crippen LogP contribution >= 0.6 is 0 Å². The number of hydrogen-bond donors (Lipinski definition) is 0. The molecule has 0 saturated heterocycles. The minimum Gasteiger partial charge on any atom is -0.246 e. The Labute approximate surface area is 178 Å². The summed E-state index contributed by atoms with van der Waals surface area (Å²) in [6.07, 6.45) is 10.7. The maximum Gasteiger partial charge on any atom is 0.0972 e. The van der Waals surface area contributed by atoms with E-state index in [0.717, 1.165) is 33.9 Å². The van der Waals surface area contributed by atoms with E-state index in [2.05, 4.69) is 49.4 Å². The molecule has 0 saturated carbocycles. The van der Waals surface area contributed by atoms with Gasteiger partial charge in [0.25, 0.3) is 0 Å². The van der Waals surface area contributed by atoms with Crippen molar-refractivity contribution in [2.24, 2.45) is 15.9 Å². The molecule has 4 rings (SSSR count). The average Bonchev–Trinajstić information content (AvgIpc) is 3.02. The van der Waals surface area contributed by atoms with Crippen LogP contribution in [0.3, 0.4) is 0 Å². The predicted molar refractivity (Wildman–Crippen MR) is 128 cm³/mol. The van der Waals surface area contributed by atoms with E-state index < -0.39 is 0 Å². The Morgan fingerprint density at radius 3 is 1.77 bits per heavy atom. The van der Waals surface area contributed by atoms with Gasteiger partial charge < -0.3 is 0 Å². The summed E-state index contributed by atoms with van der Waals surface area (Å²) in [6.45, 7) is 2.17. The fourth-order valence-corrected chi connectivity index (χ4v) is 3.24. The van der Waals surface area contributed by atoms with Gasteiger partial charge in [0.15, 0.2) is 0 Å². The zero-order chi connectivity index (χ0) is 20.6. The van der Waals surface area contributed by atoms with Gasteiger partial charge in [0.1, 0.15) is 0 Å². The van der Waals surface area contributed by atoms with Crippen molar-refractivity contribution in [2.45, 2.75) is 6.92 Å². The van der Waals surface area contributed by atoms with Gasteiger partial charge in [-0.15, -0.1) is 0 Å². The van der Waals surface area contributed by atoms with Crippen molar-refractivity contribution in [3.63, 3.8) is 0 Å². The molecule has 0 aromatic heterocycles. The molecule has 2 nitrogen and oxygen atoms in total. The molecule has 1 unspecified atom stereocenters. The normalized spacial score (nSPS) is 16.8. The summed E-state index contributed by atoms with van der Waals surface area (Å²) in [7, 11) is 0. The highest BCUT2D eigenvalue weighted by atomic mass is 14.8. The molecule has 30 heavy (non-hydrogen) atoms. The molecule has 0 bridgehead atoms. The fraction of sp³-hybridized carbons (Fsp3) is 0.0714. The van der Waals surface area contributed by atoms with Crippen molar-refractivity contribution in [1.82, 2.24) is 0 Å². The Kier molecular flexibility index (Phi) is 6.26. The molecule has 0 heterocycles. The Morgan fingerprint density at radius 1 is 0.633 bits per heavy atom. The highest BCUT2D eigenvalue weighted by Crippen LogP contribution is 2.22. The highest BCUT2D eigenvalue weighted by molar-refractivity contribution is 6.54. The number of benzene rings is 3. The first-order valence-corrected chi connectivity index (χ1v) is 10.2. The van der Waals surface area contributed by atoms with Crippen LogP contribution in [0.5, 0.6) is 0 Å². The van der Waals surface area contributed by atoms with Crippen molar-refractivity contribution in [3.8, 4) is 0 Å². The van der Waals surface area contributed by atoms with Gasteiger partial charge in [0.2, 0.25) is 0 Å². The molecule has 3 aromatic rings. The second-order valence-corrected chi connectivity index (χ2v) is 7.18. The van der Waals surface area contributed by atoms with Crippen molar-refractivity contribution < 1.29 is 0 Å². The van der Waals surface area contributed by atoms with Crippen molar-refractivity contribution in [3.05, 3.63) is 133 Å². The van der Waals surface area contributed by atoms with Gasteiger partial charge in [0, 0.05) is 11.1 Å². The van der Waals surface area contributed by atoms with Gasteiger partial charge in [-0.3, -0.25) is 0 Å². The van der Waals surface area contributed by atoms with Crippen LogP contribution in [-0.4, -0.2) is 11.4 Å². The van der Waals surface area contributed by atoms with Gasteiger partial charge in [-0.1, -0.05) is 104 Å². The maximum absolute atomic E-state index is 5.05. The van der Waals surface area contributed by atoms with Crippen LogP contribution in [0.1, 0.15) is 12.5 Å². The lowest BCUT2D eigenvalue weighted by Gasteiger charge is -2.13. The first-order chi connectivity index (χ1) is 14.8. The minimum atomic E-state index is 0.378. The molecule has 0 radical (unpaired) electrons. The fourth-order valence-electron chi connectivity index (χ4n) is 3.24. The zero-order valence-corrected chi connectivity index (χ0v) is 17.0. The lowest BCUT2D eigenvalue weighted by molar-refractivity contribution is 0.942. The molecule has 2 heteroatoms. The summed E-state index contributed by atoms with van der Waals surface area (Å²) in [5, 5.41) is 0. The average molecular weight is 389 g/mol. The van der Waals surface area contributed by atoms with E-state index in [1.54, 1.807) is 0 Å². The van der Waals surface area contributed by atoms with Gasteiger partial charge in [-0.25, -0.2) is 9.98 Å². The zero-order valence-electron chi connectivity index (χ0n) is 17.0. The standard InChI is InChI=1S/C28H24N2/c1-22-12-11-15-24(21-20-22)28(30-26-18-9-4-10-19-26)27(23-13-5-2-6-14-23)29-25-16-7-3-8-17-25/h2-22H,1H3. The molecule has 1 aliphatic carbocycles. The second kappa shape index (κ2) is 9.62. The predicted octanol–water partition coefficient (Wildman–Crippen LogP) is 7.27. The highest BCUT2D eigenvalue weighted by Gasteiger charge is 2.16.